The number of halogens is 6. The lowest BCUT2D eigenvalue weighted by atomic mass is 9.88. The highest BCUT2D eigenvalue weighted by molar-refractivity contribution is 5.94. The van der Waals surface area contributed by atoms with Crippen LogP contribution in [-0.4, -0.2) is 75.8 Å². The highest BCUT2D eigenvalue weighted by atomic mass is 35.5. The van der Waals surface area contributed by atoms with Gasteiger partial charge in [0.15, 0.2) is 0 Å². The molecule has 1 saturated carbocycles. The Balaban J connectivity index is 0.000000387. The normalized spacial score (nSPS) is 15.1. The lowest BCUT2D eigenvalue weighted by Gasteiger charge is -2.37. The van der Waals surface area contributed by atoms with Crippen molar-refractivity contribution < 1.29 is 27.4 Å². The van der Waals surface area contributed by atoms with Crippen molar-refractivity contribution in [2.75, 3.05) is 69.8 Å². The summed E-state index contributed by atoms with van der Waals surface area (Å²) >= 11 is 0. The Bertz CT molecular complexity index is 1660. The van der Waals surface area contributed by atoms with Gasteiger partial charge < -0.3 is 19.7 Å². The van der Waals surface area contributed by atoms with Gasteiger partial charge in [-0.1, -0.05) is 67.8 Å². The molecule has 0 spiro atoms. The zero-order valence-electron chi connectivity index (χ0n) is 32.0. The van der Waals surface area contributed by atoms with E-state index in [0.29, 0.717) is 12.3 Å². The number of hydrogen-bond acceptors (Lipinski definition) is 7. The van der Waals surface area contributed by atoms with Crippen molar-refractivity contribution in [3.8, 4) is 11.5 Å². The Morgan fingerprint density at radius 3 is 2.11 bits per heavy atom. The van der Waals surface area contributed by atoms with Gasteiger partial charge >= 0.3 is 6.18 Å². The van der Waals surface area contributed by atoms with E-state index in [4.69, 9.17) is 9.47 Å². The second kappa shape index (κ2) is 24.8. The van der Waals surface area contributed by atoms with E-state index in [9.17, 15) is 18.0 Å². The minimum Gasteiger partial charge on any atom is -0.495 e. The number of methoxy groups -OCH3 is 1. The first-order valence-corrected chi connectivity index (χ1v) is 18.6. The molecule has 1 atom stereocenters. The summed E-state index contributed by atoms with van der Waals surface area (Å²) in [4.78, 5) is 24.6. The molecule has 2 heterocycles. The average molecular weight is 841 g/mol. The molecule has 1 saturated heterocycles. The maximum atomic E-state index is 13.3. The molecule has 2 fully saturated rings. The Morgan fingerprint density at radius 1 is 0.857 bits per heavy atom. The number of carbonyl (C=O) groups is 1. The summed E-state index contributed by atoms with van der Waals surface area (Å²) in [5.41, 5.74) is 1.48. The van der Waals surface area contributed by atoms with Gasteiger partial charge in [-0.15, -0.1) is 37.2 Å². The summed E-state index contributed by atoms with van der Waals surface area (Å²) < 4.78 is 49.1. The fraction of sp³-hybridized carbons (Fsp3) is 0.429. The third-order valence-electron chi connectivity index (χ3n) is 9.87. The maximum Gasteiger partial charge on any atom is 0.416 e. The number of aromatic nitrogens is 1. The summed E-state index contributed by atoms with van der Waals surface area (Å²) in [6, 6.07) is 28.5. The summed E-state index contributed by atoms with van der Waals surface area (Å²) in [5, 5.41) is 3.05. The number of piperazine rings is 1. The summed E-state index contributed by atoms with van der Waals surface area (Å²) in [7, 11) is 3.57. The molecule has 6 rings (SSSR count). The lowest BCUT2D eigenvalue weighted by Crippen LogP contribution is -2.50. The van der Waals surface area contributed by atoms with Crippen molar-refractivity contribution in [3.63, 3.8) is 0 Å². The van der Waals surface area contributed by atoms with Gasteiger partial charge in [0.2, 0.25) is 5.91 Å². The van der Waals surface area contributed by atoms with Gasteiger partial charge in [-0.25, -0.2) is 4.98 Å². The molecular formula is C42H55Cl3F3N5O3. The lowest BCUT2D eigenvalue weighted by molar-refractivity contribution is -0.137. The topological polar surface area (TPSA) is 70.2 Å². The molecule has 0 bridgehead atoms. The number of nitrogens with one attached hydrogen (secondary N) is 1. The van der Waals surface area contributed by atoms with E-state index >= 15 is 0 Å². The Kier molecular flexibility index (Phi) is 21.4. The first-order chi connectivity index (χ1) is 25.8. The van der Waals surface area contributed by atoms with E-state index in [1.165, 1.54) is 18.6 Å². The summed E-state index contributed by atoms with van der Waals surface area (Å²) in [5.74, 6) is 2.54. The van der Waals surface area contributed by atoms with Crippen molar-refractivity contribution in [1.29, 1.82) is 0 Å². The molecule has 3 aromatic carbocycles. The first kappa shape index (κ1) is 48.4. The molecule has 1 aliphatic carbocycles. The van der Waals surface area contributed by atoms with Crippen LogP contribution < -0.4 is 24.6 Å². The molecule has 0 radical (unpaired) electrons. The van der Waals surface area contributed by atoms with Crippen LogP contribution in [0.5, 0.6) is 11.5 Å². The number of rotatable bonds is 13. The van der Waals surface area contributed by atoms with Crippen LogP contribution in [0.2, 0.25) is 0 Å². The number of amides is 1. The SMILES string of the molecule is CNCCC(Oc1ccc(C(F)(F)F)cc1)c1ccccc1.COc1ccccc1N1CCN(CCN(C(=O)C2CCCCC2)c2ccccn2)CC1.Cl.Cl.Cl. The second-order valence-corrected chi connectivity index (χ2v) is 13.4. The maximum absolute atomic E-state index is 13.3. The predicted octanol–water partition coefficient (Wildman–Crippen LogP) is 9.53. The number of nitrogens with zero attached hydrogens (tertiary/aromatic N) is 4. The standard InChI is InChI=1S/C25H34N4O2.C17H18F3NO.3ClH/c1-31-23-12-6-5-11-22(23)28-18-15-27(16-19-28)17-20-29(24-13-7-8-14-26-24)25(30)21-9-3-2-4-10-21;1-21-12-11-16(13-5-3-2-4-6-13)22-15-9-7-14(8-10-15)17(18,19)20;;;/h5-8,11-14,21H,2-4,9-10,15-20H2,1H3;2-10,16,21H,11-12H2,1H3;3*1H. The monoisotopic (exact) mass is 839 g/mol. The molecule has 2 aliphatic rings. The fourth-order valence-corrected chi connectivity index (χ4v) is 6.89. The highest BCUT2D eigenvalue weighted by Crippen LogP contribution is 2.32. The van der Waals surface area contributed by atoms with E-state index in [1.807, 2.05) is 72.6 Å². The number of ether oxygens (including phenoxy) is 2. The molecule has 8 nitrogen and oxygen atoms in total. The molecule has 1 aromatic heterocycles. The summed E-state index contributed by atoms with van der Waals surface area (Å²) in [6.45, 7) is 6.19. The van der Waals surface area contributed by atoms with Gasteiger partial charge in [-0.3, -0.25) is 14.6 Å². The van der Waals surface area contributed by atoms with Crippen LogP contribution in [0.25, 0.3) is 0 Å². The van der Waals surface area contributed by atoms with Crippen LogP contribution >= 0.6 is 37.2 Å². The molecule has 4 aromatic rings. The first-order valence-electron chi connectivity index (χ1n) is 18.6. The van der Waals surface area contributed by atoms with Crippen LogP contribution in [0.1, 0.15) is 55.8 Å². The largest absolute Gasteiger partial charge is 0.495 e. The third-order valence-corrected chi connectivity index (χ3v) is 9.87. The molecular weight excluding hydrogens is 786 g/mol. The van der Waals surface area contributed by atoms with Crippen LogP contribution in [0.15, 0.2) is 103 Å². The van der Waals surface area contributed by atoms with Gasteiger partial charge in [0.1, 0.15) is 23.4 Å². The number of benzene rings is 3. The van der Waals surface area contributed by atoms with Crippen LogP contribution in [0.4, 0.5) is 24.7 Å². The minimum absolute atomic E-state index is 0. The van der Waals surface area contributed by atoms with E-state index in [-0.39, 0.29) is 55.2 Å². The molecule has 1 N–H and O–H groups in total. The predicted molar refractivity (Wildman–Crippen MR) is 226 cm³/mol. The van der Waals surface area contributed by atoms with Crippen LogP contribution in [0, 0.1) is 5.92 Å². The van der Waals surface area contributed by atoms with Gasteiger partial charge in [-0.2, -0.15) is 13.2 Å². The van der Waals surface area contributed by atoms with Crippen LogP contribution in [-0.2, 0) is 11.0 Å². The number of pyridine rings is 1. The molecule has 56 heavy (non-hydrogen) atoms. The van der Waals surface area contributed by atoms with Gasteiger partial charge in [0.05, 0.1) is 18.4 Å². The number of anilines is 2. The Morgan fingerprint density at radius 2 is 1.50 bits per heavy atom. The van der Waals surface area contributed by atoms with Gasteiger partial charge in [0, 0.05) is 57.8 Å². The quantitative estimate of drug-likeness (QED) is 0.144. The van der Waals surface area contributed by atoms with Gasteiger partial charge in [-0.05, 0) is 80.5 Å². The van der Waals surface area contributed by atoms with E-state index < -0.39 is 11.7 Å². The zero-order valence-corrected chi connectivity index (χ0v) is 34.5. The van der Waals surface area contributed by atoms with E-state index in [1.54, 1.807) is 13.3 Å². The fourth-order valence-electron chi connectivity index (χ4n) is 6.89. The Hall–Kier alpha value is -3.74. The summed E-state index contributed by atoms with van der Waals surface area (Å²) in [6.07, 6.45) is 3.58. The van der Waals surface area contributed by atoms with Crippen molar-refractivity contribution >= 4 is 54.6 Å². The molecule has 308 valence electrons. The Labute approximate surface area is 348 Å². The van der Waals surface area contributed by atoms with Crippen LogP contribution in [0.3, 0.4) is 0 Å². The number of para-hydroxylation sites is 2. The smallest absolute Gasteiger partial charge is 0.416 e. The molecule has 1 amide bonds. The van der Waals surface area contributed by atoms with Crippen molar-refractivity contribution in [3.05, 3.63) is 114 Å². The van der Waals surface area contributed by atoms with E-state index in [0.717, 1.165) is 106 Å². The minimum atomic E-state index is -4.33. The van der Waals surface area contributed by atoms with Crippen molar-refractivity contribution in [2.45, 2.75) is 50.8 Å². The number of hydrogen-bond donors (Lipinski definition) is 1. The zero-order chi connectivity index (χ0) is 37.5. The van der Waals surface area contributed by atoms with E-state index in [2.05, 4.69) is 32.2 Å². The highest BCUT2D eigenvalue weighted by Gasteiger charge is 2.31. The van der Waals surface area contributed by atoms with Crippen molar-refractivity contribution in [2.24, 2.45) is 5.92 Å². The van der Waals surface area contributed by atoms with Gasteiger partial charge in [0.25, 0.3) is 0 Å². The molecule has 1 aliphatic heterocycles. The number of carbonyl (C=O) groups excluding carboxylic acids is 1. The van der Waals surface area contributed by atoms with Crippen molar-refractivity contribution in [1.82, 2.24) is 15.2 Å². The third kappa shape index (κ3) is 14.3. The average Bonchev–Trinajstić information content (AvgIpc) is 3.21. The second-order valence-electron chi connectivity index (χ2n) is 13.4. The molecule has 14 heteroatoms. The number of alkyl halides is 3. The molecule has 1 unspecified atom stereocenters.